The van der Waals surface area contributed by atoms with E-state index in [-0.39, 0.29) is 0 Å². The molecule has 0 fully saturated rings. The molecule has 2 aromatic heterocycles. The van der Waals surface area contributed by atoms with E-state index in [9.17, 15) is 0 Å². The summed E-state index contributed by atoms with van der Waals surface area (Å²) in [7, 11) is 0. The zero-order valence-electron chi connectivity index (χ0n) is 9.74. The fourth-order valence-corrected chi connectivity index (χ4v) is 1.96. The van der Waals surface area contributed by atoms with Gasteiger partial charge in [0.1, 0.15) is 0 Å². The van der Waals surface area contributed by atoms with Crippen LogP contribution in [0.25, 0.3) is 11.5 Å². The van der Waals surface area contributed by atoms with E-state index in [1.54, 1.807) is 12.3 Å². The molecule has 0 aliphatic carbocycles. The lowest BCUT2D eigenvalue weighted by molar-refractivity contribution is 0.350. The van der Waals surface area contributed by atoms with Crippen molar-refractivity contribution in [3.05, 3.63) is 22.8 Å². The lowest BCUT2D eigenvalue weighted by Crippen LogP contribution is -2.36. The highest BCUT2D eigenvalue weighted by Crippen LogP contribution is 2.30. The maximum Gasteiger partial charge on any atom is 0.262 e. The first kappa shape index (κ1) is 12.3. The van der Waals surface area contributed by atoms with Gasteiger partial charge in [0.15, 0.2) is 10.5 Å². The van der Waals surface area contributed by atoms with Crippen molar-refractivity contribution in [3.63, 3.8) is 0 Å². The van der Waals surface area contributed by atoms with Gasteiger partial charge in [-0.2, -0.15) is 4.98 Å². The molecule has 6 heteroatoms. The van der Waals surface area contributed by atoms with Crippen molar-refractivity contribution < 1.29 is 8.94 Å². The van der Waals surface area contributed by atoms with Gasteiger partial charge < -0.3 is 14.7 Å². The zero-order valence-corrected chi connectivity index (χ0v) is 11.3. The normalized spacial score (nSPS) is 12.0. The minimum absolute atomic E-state index is 0.414. The minimum Gasteiger partial charge on any atom is -0.457 e. The molecule has 0 aromatic carbocycles. The van der Waals surface area contributed by atoms with E-state index in [0.29, 0.717) is 16.4 Å². The van der Waals surface area contributed by atoms with Gasteiger partial charge in [-0.25, -0.2) is 0 Å². The van der Waals surface area contributed by atoms with Crippen LogP contribution in [-0.2, 0) is 5.54 Å². The summed E-state index contributed by atoms with van der Waals surface area (Å²) in [6, 6.07) is 1.76. The van der Waals surface area contributed by atoms with E-state index in [1.165, 1.54) is 0 Å². The van der Waals surface area contributed by atoms with E-state index in [2.05, 4.69) is 26.1 Å². The summed E-state index contributed by atoms with van der Waals surface area (Å²) in [6.07, 6.45) is 3.07. The first-order valence-corrected chi connectivity index (χ1v) is 6.26. The number of aromatic nitrogens is 2. The van der Waals surface area contributed by atoms with Crippen LogP contribution in [0.4, 0.5) is 0 Å². The largest absolute Gasteiger partial charge is 0.457 e. The average Bonchev–Trinajstić information content (AvgIpc) is 2.96. The average molecular weight is 300 g/mol. The van der Waals surface area contributed by atoms with Crippen LogP contribution in [0.5, 0.6) is 0 Å². The molecule has 0 saturated carbocycles. The Labute approximate surface area is 107 Å². The third-order valence-electron chi connectivity index (χ3n) is 2.98. The fraction of sp³-hybridized carbons (Fsp3) is 0.455. The molecule has 0 bridgehead atoms. The van der Waals surface area contributed by atoms with Gasteiger partial charge in [0.25, 0.3) is 5.89 Å². The summed E-state index contributed by atoms with van der Waals surface area (Å²) in [6.45, 7) is 4.01. The Hall–Kier alpha value is -1.14. The van der Waals surface area contributed by atoms with Gasteiger partial charge in [0.2, 0.25) is 0 Å². The molecule has 0 atom stereocenters. The predicted molar refractivity (Wildman–Crippen MR) is 66.1 cm³/mol. The number of hydrogen-bond acceptors (Lipinski definition) is 5. The van der Waals surface area contributed by atoms with Crippen molar-refractivity contribution in [3.8, 4) is 11.5 Å². The monoisotopic (exact) mass is 299 g/mol. The lowest BCUT2D eigenvalue weighted by atomic mass is 9.93. The molecule has 5 nitrogen and oxygen atoms in total. The Morgan fingerprint density at radius 1 is 1.41 bits per heavy atom. The van der Waals surface area contributed by atoms with Crippen molar-refractivity contribution in [2.45, 2.75) is 32.2 Å². The Balaban J connectivity index is 2.37. The fourth-order valence-electron chi connectivity index (χ4n) is 1.55. The lowest BCUT2D eigenvalue weighted by Gasteiger charge is -2.21. The summed E-state index contributed by atoms with van der Waals surface area (Å²) in [4.78, 5) is 4.33. The van der Waals surface area contributed by atoms with Gasteiger partial charge >= 0.3 is 0 Å². The topological polar surface area (TPSA) is 78.1 Å². The van der Waals surface area contributed by atoms with Crippen LogP contribution >= 0.6 is 15.9 Å². The highest BCUT2D eigenvalue weighted by atomic mass is 79.9. The third kappa shape index (κ3) is 2.14. The van der Waals surface area contributed by atoms with Gasteiger partial charge in [-0.15, -0.1) is 0 Å². The highest BCUT2D eigenvalue weighted by molar-refractivity contribution is 9.10. The molecule has 0 aliphatic heterocycles. The highest BCUT2D eigenvalue weighted by Gasteiger charge is 2.29. The van der Waals surface area contributed by atoms with Crippen molar-refractivity contribution in [2.24, 2.45) is 5.73 Å². The summed E-state index contributed by atoms with van der Waals surface area (Å²) in [5.41, 5.74) is 6.41. The Bertz CT molecular complexity index is 502. The van der Waals surface area contributed by atoms with Crippen LogP contribution in [0.15, 0.2) is 25.9 Å². The summed E-state index contributed by atoms with van der Waals surface area (Å²) in [5, 5.41) is 3.95. The maximum atomic E-state index is 6.20. The van der Waals surface area contributed by atoms with Crippen molar-refractivity contribution in [1.82, 2.24) is 10.1 Å². The van der Waals surface area contributed by atoms with E-state index in [4.69, 9.17) is 14.7 Å². The Morgan fingerprint density at radius 3 is 2.65 bits per heavy atom. The second kappa shape index (κ2) is 4.62. The van der Waals surface area contributed by atoms with Crippen LogP contribution in [-0.4, -0.2) is 10.1 Å². The molecule has 2 aromatic rings. The van der Waals surface area contributed by atoms with Gasteiger partial charge in [0, 0.05) is 0 Å². The molecule has 92 valence electrons. The van der Waals surface area contributed by atoms with Crippen molar-refractivity contribution in [1.29, 1.82) is 0 Å². The molecule has 0 aliphatic rings. The molecule has 17 heavy (non-hydrogen) atoms. The number of nitrogens with two attached hydrogens (primary N) is 1. The Morgan fingerprint density at radius 2 is 2.12 bits per heavy atom. The molecule has 0 radical (unpaired) electrons. The van der Waals surface area contributed by atoms with E-state index < -0.39 is 5.54 Å². The van der Waals surface area contributed by atoms with Gasteiger partial charge in [-0.1, -0.05) is 19.0 Å². The van der Waals surface area contributed by atoms with Crippen LogP contribution in [0.2, 0.25) is 0 Å². The second-order valence-corrected chi connectivity index (χ2v) is 4.61. The zero-order chi connectivity index (χ0) is 12.5. The van der Waals surface area contributed by atoms with Gasteiger partial charge in [-0.3, -0.25) is 0 Å². The molecule has 2 rings (SSSR count). The Kier molecular flexibility index (Phi) is 3.35. The number of nitrogens with zero attached hydrogens (tertiary/aromatic N) is 2. The SMILES string of the molecule is CCC(N)(CC)c1noc(-c2ccoc2Br)n1. The maximum absolute atomic E-state index is 6.20. The summed E-state index contributed by atoms with van der Waals surface area (Å²) in [5.74, 6) is 0.947. The summed E-state index contributed by atoms with van der Waals surface area (Å²) < 4.78 is 10.9. The molecule has 0 amide bonds. The molecule has 0 saturated heterocycles. The number of halogens is 1. The second-order valence-electron chi connectivity index (χ2n) is 3.89. The van der Waals surface area contributed by atoms with Crippen molar-refractivity contribution in [2.75, 3.05) is 0 Å². The van der Waals surface area contributed by atoms with Crippen LogP contribution in [0.1, 0.15) is 32.5 Å². The van der Waals surface area contributed by atoms with Crippen LogP contribution < -0.4 is 5.73 Å². The van der Waals surface area contributed by atoms with Gasteiger partial charge in [-0.05, 0) is 34.8 Å². The first-order chi connectivity index (χ1) is 8.10. The molecule has 0 unspecified atom stereocenters. The third-order valence-corrected chi connectivity index (χ3v) is 3.60. The standard InChI is InChI=1S/C11H14BrN3O2/c1-3-11(13,4-2)10-14-9(17-15-10)7-5-6-16-8(7)12/h5-6H,3-4,13H2,1-2H3. The van der Waals surface area contributed by atoms with Crippen LogP contribution in [0.3, 0.4) is 0 Å². The molecule has 2 N–H and O–H groups in total. The molecular weight excluding hydrogens is 286 g/mol. The quantitative estimate of drug-likeness (QED) is 0.938. The summed E-state index contributed by atoms with van der Waals surface area (Å²) >= 11 is 3.27. The number of hydrogen-bond donors (Lipinski definition) is 1. The van der Waals surface area contributed by atoms with E-state index in [1.807, 2.05) is 13.8 Å². The minimum atomic E-state index is -0.530. The predicted octanol–water partition coefficient (Wildman–Crippen LogP) is 3.07. The van der Waals surface area contributed by atoms with E-state index >= 15 is 0 Å². The first-order valence-electron chi connectivity index (χ1n) is 5.47. The van der Waals surface area contributed by atoms with Crippen molar-refractivity contribution >= 4 is 15.9 Å². The van der Waals surface area contributed by atoms with E-state index in [0.717, 1.165) is 18.4 Å². The molecule has 0 spiro atoms. The molecular formula is C11H14BrN3O2. The smallest absolute Gasteiger partial charge is 0.262 e. The number of rotatable bonds is 4. The van der Waals surface area contributed by atoms with Crippen LogP contribution in [0, 0.1) is 0 Å². The van der Waals surface area contributed by atoms with Gasteiger partial charge in [0.05, 0.1) is 17.4 Å². The molecule has 2 heterocycles. The number of furan rings is 1.